The Balaban J connectivity index is 1.19. The van der Waals surface area contributed by atoms with Gasteiger partial charge in [0, 0.05) is 5.92 Å². The molecule has 0 radical (unpaired) electrons. The van der Waals surface area contributed by atoms with Gasteiger partial charge in [-0.15, -0.1) is 10.2 Å². The molecule has 0 aliphatic carbocycles. The standard InChI is InChI=1S/C19H23FN11O9PS/c1-5-11(33)7(39-17(5)30-13-9(26-28-30)15(34)23-4-22-13)3-37-41(36,42)40-12-8(20)6(2-32)38-18(12)31-14-10(27-29-31)16(35)25-19(21)24-14/h4-8,11-12,17-18,32-33H,2-3H2,1H3,(H,36,42)(H,22,23,34)(H3,21,24,25,35)/t5-,6+,7+,8+,11-,12+,17+,18+,41?/m0/s1. The summed E-state index contributed by atoms with van der Waals surface area (Å²) in [5, 5.41) is 35.6. The van der Waals surface area contributed by atoms with Crippen molar-refractivity contribution in [2.45, 2.75) is 50.0 Å². The van der Waals surface area contributed by atoms with Gasteiger partial charge in [-0.1, -0.05) is 17.4 Å². The number of H-pyrrole nitrogens is 2. The van der Waals surface area contributed by atoms with E-state index in [1.807, 2.05) is 0 Å². The molecule has 2 aliphatic rings. The summed E-state index contributed by atoms with van der Waals surface area (Å²) in [6, 6.07) is 0. The summed E-state index contributed by atoms with van der Waals surface area (Å²) in [5.74, 6) is -0.874. The lowest BCUT2D eigenvalue weighted by Gasteiger charge is -2.25. The third-order valence-electron chi connectivity index (χ3n) is 6.89. The van der Waals surface area contributed by atoms with Gasteiger partial charge < -0.3 is 39.8 Å². The van der Waals surface area contributed by atoms with E-state index in [9.17, 15) is 24.7 Å². The summed E-state index contributed by atoms with van der Waals surface area (Å²) in [4.78, 5) is 47.6. The lowest BCUT2D eigenvalue weighted by atomic mass is 10.0. The van der Waals surface area contributed by atoms with Gasteiger partial charge in [-0.05, 0) is 11.8 Å². The Morgan fingerprint density at radius 2 is 1.81 bits per heavy atom. The first-order valence-corrected chi connectivity index (χ1v) is 14.9. The van der Waals surface area contributed by atoms with Crippen molar-refractivity contribution >= 4 is 46.8 Å². The molecule has 0 spiro atoms. The summed E-state index contributed by atoms with van der Waals surface area (Å²) in [5.41, 5.74) is 4.08. The molecule has 0 amide bonds. The number of nitrogens with two attached hydrogens (primary N) is 1. The van der Waals surface area contributed by atoms with Crippen molar-refractivity contribution < 1.29 is 38.0 Å². The number of nitrogens with zero attached hydrogens (tertiary/aromatic N) is 8. The van der Waals surface area contributed by atoms with Crippen LogP contribution in [0.5, 0.6) is 0 Å². The fraction of sp³-hybridized carbons (Fsp3) is 0.579. The number of nitrogen functional groups attached to an aromatic ring is 1. The molecule has 20 nitrogen and oxygen atoms in total. The van der Waals surface area contributed by atoms with Crippen molar-refractivity contribution in [3.63, 3.8) is 0 Å². The summed E-state index contributed by atoms with van der Waals surface area (Å²) >= 11 is 5.11. The number of aromatic nitrogens is 10. The van der Waals surface area contributed by atoms with E-state index >= 15 is 4.39 Å². The average molecular weight is 632 g/mol. The van der Waals surface area contributed by atoms with Gasteiger partial charge in [-0.2, -0.15) is 14.3 Å². The van der Waals surface area contributed by atoms with Crippen molar-refractivity contribution in [3.8, 4) is 0 Å². The predicted molar refractivity (Wildman–Crippen MR) is 139 cm³/mol. The van der Waals surface area contributed by atoms with Crippen LogP contribution in [0.4, 0.5) is 10.3 Å². The Hall–Kier alpha value is -3.34. The van der Waals surface area contributed by atoms with Crippen LogP contribution in [-0.2, 0) is 30.3 Å². The quantitative estimate of drug-likeness (QED) is 0.108. The summed E-state index contributed by atoms with van der Waals surface area (Å²) in [6.45, 7) is -3.89. The van der Waals surface area contributed by atoms with Crippen LogP contribution in [0.15, 0.2) is 15.9 Å². The fourth-order valence-electron chi connectivity index (χ4n) is 4.79. The normalized spacial score (nSPS) is 31.3. The van der Waals surface area contributed by atoms with E-state index < -0.39 is 80.0 Å². The average Bonchev–Trinajstić information content (AvgIpc) is 3.69. The maximum Gasteiger partial charge on any atom is 0.325 e. The van der Waals surface area contributed by atoms with Gasteiger partial charge in [-0.3, -0.25) is 19.1 Å². The number of halogens is 1. The highest BCUT2D eigenvalue weighted by molar-refractivity contribution is 8.07. The molecule has 4 aromatic rings. The van der Waals surface area contributed by atoms with Crippen LogP contribution in [0.1, 0.15) is 19.4 Å². The zero-order valence-electron chi connectivity index (χ0n) is 21.3. The number of ether oxygens (including phenoxy) is 2. The molecule has 7 N–H and O–H groups in total. The van der Waals surface area contributed by atoms with Crippen LogP contribution in [-0.4, -0.2) is 109 Å². The van der Waals surface area contributed by atoms with Gasteiger partial charge in [0.05, 0.1) is 25.6 Å². The van der Waals surface area contributed by atoms with Crippen LogP contribution < -0.4 is 16.9 Å². The van der Waals surface area contributed by atoms with Crippen molar-refractivity contribution in [2.24, 2.45) is 5.92 Å². The molecule has 23 heteroatoms. The van der Waals surface area contributed by atoms with E-state index in [-0.39, 0.29) is 28.3 Å². The first-order chi connectivity index (χ1) is 20.0. The summed E-state index contributed by atoms with van der Waals surface area (Å²) < 4.78 is 39.8. The molecule has 4 aromatic heterocycles. The smallest absolute Gasteiger partial charge is 0.325 e. The number of alkyl halides is 1. The first-order valence-electron chi connectivity index (χ1n) is 12.3. The second-order valence-electron chi connectivity index (χ2n) is 9.54. The molecule has 226 valence electrons. The Bertz CT molecular complexity index is 1800. The maximum atomic E-state index is 15.3. The zero-order valence-corrected chi connectivity index (χ0v) is 23.0. The molecular weight excluding hydrogens is 608 g/mol. The Morgan fingerprint density at radius 1 is 1.14 bits per heavy atom. The molecule has 6 rings (SSSR count). The van der Waals surface area contributed by atoms with Gasteiger partial charge in [0.25, 0.3) is 11.1 Å². The molecule has 42 heavy (non-hydrogen) atoms. The van der Waals surface area contributed by atoms with Crippen LogP contribution in [0.2, 0.25) is 0 Å². The van der Waals surface area contributed by atoms with E-state index in [4.69, 9.17) is 36.1 Å². The van der Waals surface area contributed by atoms with Gasteiger partial charge >= 0.3 is 6.72 Å². The SMILES string of the molecule is C[C@H]1[C@H](O)[C@@H](COP(O)(=S)O[C@@H]2[C@H](F)[C@@H](CO)O[C@H]2n2nnc3c(=O)[nH]c(N)nc32)O[C@H]1n1nnc2c(=O)[nH]cnc21. The number of rotatable bonds is 8. The number of anilines is 1. The molecule has 0 bridgehead atoms. The number of hydrogen-bond acceptors (Lipinski definition) is 16. The predicted octanol–water partition coefficient (Wildman–Crippen LogP) is -2.63. The highest BCUT2D eigenvalue weighted by Gasteiger charge is 2.51. The second kappa shape index (κ2) is 10.7. The van der Waals surface area contributed by atoms with Crippen molar-refractivity contribution in [2.75, 3.05) is 18.9 Å². The molecule has 2 fully saturated rings. The van der Waals surface area contributed by atoms with Gasteiger partial charge in [-0.25, -0.2) is 9.37 Å². The molecule has 1 unspecified atom stereocenters. The van der Waals surface area contributed by atoms with Crippen molar-refractivity contribution in [1.29, 1.82) is 0 Å². The second-order valence-corrected chi connectivity index (χ2v) is 12.3. The maximum absolute atomic E-state index is 15.3. The monoisotopic (exact) mass is 631 g/mol. The zero-order chi connectivity index (χ0) is 29.9. The topological polar surface area (TPSA) is 277 Å². The number of hydrogen-bond donors (Lipinski definition) is 6. The number of aliphatic hydroxyl groups is 2. The lowest BCUT2D eigenvalue weighted by Crippen LogP contribution is -2.33. The minimum Gasteiger partial charge on any atom is -0.394 e. The van der Waals surface area contributed by atoms with Crippen molar-refractivity contribution in [3.05, 3.63) is 27.0 Å². The molecule has 0 aromatic carbocycles. The molecule has 0 saturated carbocycles. The molecule has 9 atom stereocenters. The van der Waals surface area contributed by atoms with Crippen molar-refractivity contribution in [1.82, 2.24) is 49.9 Å². The molecule has 2 saturated heterocycles. The highest BCUT2D eigenvalue weighted by atomic mass is 32.5. The third-order valence-corrected chi connectivity index (χ3v) is 8.45. The van der Waals surface area contributed by atoms with Gasteiger partial charge in [0.15, 0.2) is 41.0 Å². The van der Waals surface area contributed by atoms with E-state index in [1.54, 1.807) is 6.92 Å². The molecule has 6 heterocycles. The minimum atomic E-state index is -4.29. The Kier molecular flexibility index (Phi) is 7.35. The van der Waals surface area contributed by atoms with Crippen LogP contribution in [0.3, 0.4) is 0 Å². The van der Waals surface area contributed by atoms with E-state index in [1.165, 1.54) is 11.0 Å². The largest absolute Gasteiger partial charge is 0.394 e. The van der Waals surface area contributed by atoms with Crippen LogP contribution in [0, 0.1) is 5.92 Å². The first kappa shape index (κ1) is 28.8. The number of aliphatic hydroxyl groups excluding tert-OH is 2. The van der Waals surface area contributed by atoms with Crippen LogP contribution >= 0.6 is 6.72 Å². The Labute approximate surface area is 236 Å². The lowest BCUT2D eigenvalue weighted by molar-refractivity contribution is -0.0607. The number of fused-ring (bicyclic) bond motifs is 2. The van der Waals surface area contributed by atoms with E-state index in [2.05, 4.69) is 40.6 Å². The van der Waals surface area contributed by atoms with E-state index in [0.717, 1.165) is 4.68 Å². The third kappa shape index (κ3) is 4.89. The Morgan fingerprint density at radius 3 is 2.52 bits per heavy atom. The molecular formula is C19H23FN11O9PS. The number of nitrogens with one attached hydrogen (secondary N) is 2. The van der Waals surface area contributed by atoms with Gasteiger partial charge in [0.2, 0.25) is 5.95 Å². The summed E-state index contributed by atoms with van der Waals surface area (Å²) in [6.07, 6.45) is -8.62. The number of aromatic amines is 2. The molecule has 2 aliphatic heterocycles. The highest BCUT2D eigenvalue weighted by Crippen LogP contribution is 2.51. The fourth-order valence-corrected chi connectivity index (χ4v) is 6.19. The minimum absolute atomic E-state index is 0.0281. The summed E-state index contributed by atoms with van der Waals surface area (Å²) in [7, 11) is 0. The van der Waals surface area contributed by atoms with Crippen LogP contribution in [0.25, 0.3) is 22.3 Å². The van der Waals surface area contributed by atoms with Gasteiger partial charge in [0.1, 0.15) is 18.3 Å². The van der Waals surface area contributed by atoms with E-state index in [0.29, 0.717) is 0 Å².